The highest BCUT2D eigenvalue weighted by Gasteiger charge is 2.42. The van der Waals surface area contributed by atoms with Crippen LogP contribution in [0.3, 0.4) is 0 Å². The first kappa shape index (κ1) is 16.3. The molecule has 4 nitrogen and oxygen atoms in total. The van der Waals surface area contributed by atoms with Gasteiger partial charge in [0.05, 0.1) is 12.6 Å². The summed E-state index contributed by atoms with van der Waals surface area (Å²) >= 11 is 0. The van der Waals surface area contributed by atoms with Crippen LogP contribution in [0.15, 0.2) is 0 Å². The van der Waals surface area contributed by atoms with Gasteiger partial charge in [0.2, 0.25) is 5.91 Å². The number of rotatable bonds is 5. The van der Waals surface area contributed by atoms with Gasteiger partial charge < -0.3 is 10.4 Å². The maximum absolute atomic E-state index is 12.3. The number of piperidine rings is 1. The summed E-state index contributed by atoms with van der Waals surface area (Å²) in [4.78, 5) is 14.6. The predicted octanol–water partition coefficient (Wildman–Crippen LogP) is 2.02. The third-order valence-corrected chi connectivity index (χ3v) is 6.42. The Hall–Kier alpha value is -0.610. The number of fused-ring (bicyclic) bond motifs is 2. The van der Waals surface area contributed by atoms with Crippen molar-refractivity contribution in [2.24, 2.45) is 23.7 Å². The summed E-state index contributed by atoms with van der Waals surface area (Å²) in [6.07, 6.45) is 7.40. The van der Waals surface area contributed by atoms with Gasteiger partial charge in [-0.1, -0.05) is 6.42 Å². The Balaban J connectivity index is 1.44. The lowest BCUT2D eigenvalue weighted by atomic mass is 9.84. The van der Waals surface area contributed by atoms with Crippen molar-refractivity contribution in [1.82, 2.24) is 10.2 Å². The minimum atomic E-state index is -0.265. The summed E-state index contributed by atoms with van der Waals surface area (Å²) in [7, 11) is 0. The molecule has 0 spiro atoms. The van der Waals surface area contributed by atoms with E-state index in [9.17, 15) is 9.90 Å². The largest absolute Gasteiger partial charge is 0.393 e. The molecular formula is C18H32N2O2. The summed E-state index contributed by atoms with van der Waals surface area (Å²) in [5.41, 5.74) is 0. The number of amides is 1. The average Bonchev–Trinajstić information content (AvgIpc) is 3.10. The van der Waals surface area contributed by atoms with E-state index in [1.807, 2.05) is 6.92 Å². The van der Waals surface area contributed by atoms with E-state index < -0.39 is 0 Å². The fourth-order valence-electron chi connectivity index (χ4n) is 5.14. The minimum Gasteiger partial charge on any atom is -0.393 e. The SMILES string of the molecule is CC(O)C1CCCN(CC(=O)NC(C)C2CC3CCC2C3)C1. The van der Waals surface area contributed by atoms with Gasteiger partial charge in [0.25, 0.3) is 0 Å². The van der Waals surface area contributed by atoms with Crippen LogP contribution >= 0.6 is 0 Å². The molecule has 2 bridgehead atoms. The molecule has 1 heterocycles. The lowest BCUT2D eigenvalue weighted by Crippen LogP contribution is -2.48. The first-order valence-corrected chi connectivity index (χ1v) is 9.22. The second kappa shape index (κ2) is 6.88. The average molecular weight is 308 g/mol. The number of likely N-dealkylation sites (tertiary alicyclic amines) is 1. The number of nitrogens with one attached hydrogen (secondary N) is 1. The Morgan fingerprint density at radius 3 is 2.73 bits per heavy atom. The summed E-state index contributed by atoms with van der Waals surface area (Å²) < 4.78 is 0. The van der Waals surface area contributed by atoms with E-state index in [-0.39, 0.29) is 12.0 Å². The highest BCUT2D eigenvalue weighted by atomic mass is 16.3. The summed E-state index contributed by atoms with van der Waals surface area (Å²) in [6, 6.07) is 0.320. The number of carbonyl (C=O) groups excluding carboxylic acids is 1. The van der Waals surface area contributed by atoms with E-state index >= 15 is 0 Å². The second-order valence-electron chi connectivity index (χ2n) is 8.07. The van der Waals surface area contributed by atoms with Gasteiger partial charge in [-0.15, -0.1) is 0 Å². The Bertz CT molecular complexity index is 399. The molecule has 1 saturated heterocycles. The van der Waals surface area contributed by atoms with Crippen molar-refractivity contribution in [2.75, 3.05) is 19.6 Å². The van der Waals surface area contributed by atoms with E-state index in [0.29, 0.717) is 24.4 Å². The van der Waals surface area contributed by atoms with Crippen molar-refractivity contribution >= 4 is 5.91 Å². The number of aliphatic hydroxyl groups is 1. The quantitative estimate of drug-likeness (QED) is 0.817. The molecule has 0 aromatic rings. The molecule has 22 heavy (non-hydrogen) atoms. The molecule has 0 aromatic heterocycles. The van der Waals surface area contributed by atoms with Crippen LogP contribution in [0, 0.1) is 23.7 Å². The first-order chi connectivity index (χ1) is 10.5. The van der Waals surface area contributed by atoms with Crippen molar-refractivity contribution in [3.63, 3.8) is 0 Å². The van der Waals surface area contributed by atoms with Crippen LogP contribution in [-0.4, -0.2) is 47.7 Å². The molecule has 3 rings (SSSR count). The van der Waals surface area contributed by atoms with E-state index in [1.54, 1.807) is 0 Å². The molecule has 2 saturated carbocycles. The van der Waals surface area contributed by atoms with Crippen molar-refractivity contribution in [3.8, 4) is 0 Å². The zero-order chi connectivity index (χ0) is 15.7. The van der Waals surface area contributed by atoms with Crippen molar-refractivity contribution in [1.29, 1.82) is 0 Å². The van der Waals surface area contributed by atoms with Crippen LogP contribution < -0.4 is 5.32 Å². The molecule has 126 valence electrons. The Kier molecular flexibility index (Phi) is 5.08. The van der Waals surface area contributed by atoms with E-state index in [4.69, 9.17) is 0 Å². The predicted molar refractivity (Wildman–Crippen MR) is 87.4 cm³/mol. The van der Waals surface area contributed by atoms with Gasteiger partial charge in [0.1, 0.15) is 0 Å². The van der Waals surface area contributed by atoms with E-state index in [2.05, 4.69) is 17.1 Å². The minimum absolute atomic E-state index is 0.168. The third kappa shape index (κ3) is 3.65. The second-order valence-corrected chi connectivity index (χ2v) is 8.07. The molecule has 3 fully saturated rings. The van der Waals surface area contributed by atoms with Crippen LogP contribution in [0.2, 0.25) is 0 Å². The lowest BCUT2D eigenvalue weighted by molar-refractivity contribution is -0.124. The van der Waals surface area contributed by atoms with E-state index in [1.165, 1.54) is 25.7 Å². The highest BCUT2D eigenvalue weighted by Crippen LogP contribution is 2.49. The smallest absolute Gasteiger partial charge is 0.234 e. The Labute approximate surface area is 134 Å². The van der Waals surface area contributed by atoms with Gasteiger partial charge >= 0.3 is 0 Å². The zero-order valence-corrected chi connectivity index (χ0v) is 14.1. The first-order valence-electron chi connectivity index (χ1n) is 9.22. The van der Waals surface area contributed by atoms with Crippen LogP contribution in [0.5, 0.6) is 0 Å². The van der Waals surface area contributed by atoms with Gasteiger partial charge in [-0.2, -0.15) is 0 Å². The van der Waals surface area contributed by atoms with Crippen LogP contribution in [-0.2, 0) is 4.79 Å². The Morgan fingerprint density at radius 2 is 2.09 bits per heavy atom. The zero-order valence-electron chi connectivity index (χ0n) is 14.1. The van der Waals surface area contributed by atoms with E-state index in [0.717, 1.165) is 37.8 Å². The maximum atomic E-state index is 12.3. The molecule has 6 atom stereocenters. The molecule has 0 radical (unpaired) electrons. The number of aliphatic hydroxyl groups excluding tert-OH is 1. The molecule has 2 N–H and O–H groups in total. The van der Waals surface area contributed by atoms with Crippen LogP contribution in [0.4, 0.5) is 0 Å². The number of hydrogen-bond donors (Lipinski definition) is 2. The molecule has 6 unspecified atom stereocenters. The third-order valence-electron chi connectivity index (χ3n) is 6.42. The molecular weight excluding hydrogens is 276 g/mol. The van der Waals surface area contributed by atoms with Crippen molar-refractivity contribution in [3.05, 3.63) is 0 Å². The molecule has 1 aliphatic heterocycles. The fourth-order valence-corrected chi connectivity index (χ4v) is 5.14. The molecule has 0 aromatic carbocycles. The molecule has 1 amide bonds. The summed E-state index contributed by atoms with van der Waals surface area (Å²) in [6.45, 7) is 6.39. The normalized spacial score (nSPS) is 38.0. The van der Waals surface area contributed by atoms with Crippen molar-refractivity contribution in [2.45, 2.75) is 64.5 Å². The maximum Gasteiger partial charge on any atom is 0.234 e. The van der Waals surface area contributed by atoms with Crippen LogP contribution in [0.1, 0.15) is 52.4 Å². The lowest BCUT2D eigenvalue weighted by Gasteiger charge is -2.34. The number of hydrogen-bond acceptors (Lipinski definition) is 3. The van der Waals surface area contributed by atoms with Gasteiger partial charge in [-0.3, -0.25) is 9.69 Å². The fraction of sp³-hybridized carbons (Fsp3) is 0.944. The summed E-state index contributed by atoms with van der Waals surface area (Å²) in [5, 5.41) is 13.0. The van der Waals surface area contributed by atoms with Gasteiger partial charge in [0, 0.05) is 12.6 Å². The van der Waals surface area contributed by atoms with Crippen molar-refractivity contribution < 1.29 is 9.90 Å². The highest BCUT2D eigenvalue weighted by molar-refractivity contribution is 5.78. The standard InChI is InChI=1S/C18H32N2O2/c1-12(17-9-14-5-6-15(17)8-14)19-18(22)11-20-7-3-4-16(10-20)13(2)21/h12-17,21H,3-11H2,1-2H3,(H,19,22). The van der Waals surface area contributed by atoms with Gasteiger partial charge in [0.15, 0.2) is 0 Å². The Morgan fingerprint density at radius 1 is 1.27 bits per heavy atom. The molecule has 2 aliphatic carbocycles. The monoisotopic (exact) mass is 308 g/mol. The topological polar surface area (TPSA) is 52.6 Å². The van der Waals surface area contributed by atoms with Gasteiger partial charge in [-0.05, 0) is 76.2 Å². The molecule has 3 aliphatic rings. The number of nitrogens with zero attached hydrogens (tertiary/aromatic N) is 1. The van der Waals surface area contributed by atoms with Gasteiger partial charge in [-0.25, -0.2) is 0 Å². The number of carbonyl (C=O) groups is 1. The summed E-state index contributed by atoms with van der Waals surface area (Å²) in [5.74, 6) is 2.98. The van der Waals surface area contributed by atoms with Crippen LogP contribution in [0.25, 0.3) is 0 Å². The molecule has 4 heteroatoms.